The van der Waals surface area contributed by atoms with E-state index in [2.05, 4.69) is 25.9 Å². The van der Waals surface area contributed by atoms with Crippen LogP contribution in [0.3, 0.4) is 0 Å². The molecule has 1 fully saturated rings. The summed E-state index contributed by atoms with van der Waals surface area (Å²) in [7, 11) is 0. The van der Waals surface area contributed by atoms with Gasteiger partial charge in [-0.1, -0.05) is 17.4 Å². The number of benzene rings is 2. The SMILES string of the molecule is Cc1ccc(NC(=O)Nc2ccc(F)cc2F)cc1Oc1ccc2nc(NC(=O)C3CC3)sc2n1. The van der Waals surface area contributed by atoms with E-state index in [1.54, 1.807) is 30.3 Å². The largest absolute Gasteiger partial charge is 0.439 e. The molecule has 3 amide bonds. The van der Waals surface area contributed by atoms with Crippen LogP contribution in [0.25, 0.3) is 10.3 Å². The molecule has 2 aromatic heterocycles. The van der Waals surface area contributed by atoms with Crippen molar-refractivity contribution < 1.29 is 23.1 Å². The monoisotopic (exact) mass is 495 g/mol. The zero-order valence-electron chi connectivity index (χ0n) is 18.4. The van der Waals surface area contributed by atoms with E-state index in [1.165, 1.54) is 11.3 Å². The first-order valence-corrected chi connectivity index (χ1v) is 11.6. The predicted octanol–water partition coefficient (Wildman–Crippen LogP) is 6.06. The third-order valence-corrected chi connectivity index (χ3v) is 6.13. The van der Waals surface area contributed by atoms with Gasteiger partial charge in [0.1, 0.15) is 27.7 Å². The molecule has 11 heteroatoms. The van der Waals surface area contributed by atoms with Crippen LogP contribution in [-0.4, -0.2) is 21.9 Å². The molecule has 178 valence electrons. The van der Waals surface area contributed by atoms with Gasteiger partial charge in [-0.05, 0) is 49.6 Å². The molecule has 2 aromatic carbocycles. The third-order valence-electron chi connectivity index (χ3n) is 5.25. The van der Waals surface area contributed by atoms with Gasteiger partial charge in [-0.3, -0.25) is 4.79 Å². The van der Waals surface area contributed by atoms with Crippen molar-refractivity contribution in [2.75, 3.05) is 16.0 Å². The van der Waals surface area contributed by atoms with Crippen LogP contribution in [0.5, 0.6) is 11.6 Å². The highest BCUT2D eigenvalue weighted by Crippen LogP contribution is 2.33. The molecule has 4 aromatic rings. The van der Waals surface area contributed by atoms with Crippen molar-refractivity contribution in [2.45, 2.75) is 19.8 Å². The topological polar surface area (TPSA) is 105 Å². The Morgan fingerprint density at radius 2 is 1.83 bits per heavy atom. The van der Waals surface area contributed by atoms with Crippen molar-refractivity contribution >= 4 is 50.1 Å². The molecule has 1 saturated carbocycles. The van der Waals surface area contributed by atoms with Crippen LogP contribution < -0.4 is 20.7 Å². The average Bonchev–Trinajstić information content (AvgIpc) is 3.59. The van der Waals surface area contributed by atoms with Crippen LogP contribution in [0.1, 0.15) is 18.4 Å². The molecular formula is C24H19F2N5O3S. The molecule has 0 atom stereocenters. The molecule has 8 nitrogen and oxygen atoms in total. The second-order valence-electron chi connectivity index (χ2n) is 8.04. The molecule has 0 radical (unpaired) electrons. The molecule has 0 spiro atoms. The van der Waals surface area contributed by atoms with E-state index in [4.69, 9.17) is 4.74 Å². The van der Waals surface area contributed by atoms with Gasteiger partial charge >= 0.3 is 6.03 Å². The molecule has 0 bridgehead atoms. The van der Waals surface area contributed by atoms with Crippen LogP contribution in [0, 0.1) is 24.5 Å². The molecule has 0 saturated heterocycles. The fourth-order valence-corrected chi connectivity index (χ4v) is 4.07. The minimum Gasteiger partial charge on any atom is -0.439 e. The van der Waals surface area contributed by atoms with Gasteiger partial charge in [0.05, 0.1) is 5.69 Å². The summed E-state index contributed by atoms with van der Waals surface area (Å²) in [5, 5.41) is 8.24. The van der Waals surface area contributed by atoms with Crippen molar-refractivity contribution in [2.24, 2.45) is 5.92 Å². The van der Waals surface area contributed by atoms with E-state index >= 15 is 0 Å². The molecule has 3 N–H and O–H groups in total. The highest BCUT2D eigenvalue weighted by molar-refractivity contribution is 7.21. The number of anilines is 3. The molecule has 5 rings (SSSR count). The number of hydrogen-bond acceptors (Lipinski definition) is 6. The fourth-order valence-electron chi connectivity index (χ4n) is 3.24. The second-order valence-corrected chi connectivity index (χ2v) is 9.02. The van der Waals surface area contributed by atoms with E-state index in [0.29, 0.717) is 38.9 Å². The fraction of sp³-hybridized carbons (Fsp3) is 0.167. The van der Waals surface area contributed by atoms with E-state index in [1.807, 2.05) is 6.92 Å². The number of pyridine rings is 1. The molecule has 0 aliphatic heterocycles. The standard InChI is InChI=1S/C24H19F2N5O3S/c1-12-2-6-15(27-23(33)28-17-7-5-14(25)10-16(17)26)11-19(12)34-20-9-8-18-22(30-20)35-24(29-18)31-21(32)13-3-4-13/h2,5-11,13H,3-4H2,1H3,(H2,27,28,33)(H,29,31,32). The number of carbonyl (C=O) groups excluding carboxylic acids is 2. The van der Waals surface area contributed by atoms with E-state index in [9.17, 15) is 18.4 Å². The Bertz CT molecular complexity index is 1450. The van der Waals surface area contributed by atoms with Gasteiger partial charge in [-0.15, -0.1) is 0 Å². The van der Waals surface area contributed by atoms with Crippen LogP contribution in [0.15, 0.2) is 48.5 Å². The number of ether oxygens (including phenoxy) is 1. The number of aryl methyl sites for hydroxylation is 1. The number of urea groups is 1. The number of fused-ring (bicyclic) bond motifs is 1. The Morgan fingerprint density at radius 3 is 2.60 bits per heavy atom. The van der Waals surface area contributed by atoms with Gasteiger partial charge in [0.15, 0.2) is 5.13 Å². The van der Waals surface area contributed by atoms with Crippen LogP contribution in [-0.2, 0) is 4.79 Å². The average molecular weight is 496 g/mol. The van der Waals surface area contributed by atoms with E-state index < -0.39 is 17.7 Å². The van der Waals surface area contributed by atoms with E-state index in [-0.39, 0.29) is 17.5 Å². The lowest BCUT2D eigenvalue weighted by Crippen LogP contribution is -2.20. The first kappa shape index (κ1) is 22.7. The summed E-state index contributed by atoms with van der Waals surface area (Å²) in [6.07, 6.45) is 1.82. The summed E-state index contributed by atoms with van der Waals surface area (Å²) >= 11 is 1.26. The number of nitrogens with one attached hydrogen (secondary N) is 3. The number of aromatic nitrogens is 2. The van der Waals surface area contributed by atoms with Gasteiger partial charge < -0.3 is 20.7 Å². The first-order valence-electron chi connectivity index (χ1n) is 10.7. The van der Waals surface area contributed by atoms with Crippen molar-refractivity contribution in [3.8, 4) is 11.6 Å². The Kier molecular flexibility index (Phi) is 6.00. The van der Waals surface area contributed by atoms with Gasteiger partial charge in [0.25, 0.3) is 0 Å². The Balaban J connectivity index is 1.28. The normalized spacial score (nSPS) is 12.9. The minimum atomic E-state index is -0.882. The highest BCUT2D eigenvalue weighted by atomic mass is 32.1. The Morgan fingerprint density at radius 1 is 1.00 bits per heavy atom. The van der Waals surface area contributed by atoms with Crippen LogP contribution in [0.2, 0.25) is 0 Å². The van der Waals surface area contributed by atoms with Crippen molar-refractivity contribution in [1.29, 1.82) is 0 Å². The lowest BCUT2D eigenvalue weighted by atomic mass is 10.2. The number of rotatable bonds is 6. The second kappa shape index (κ2) is 9.26. The van der Waals surface area contributed by atoms with Gasteiger partial charge in [0, 0.05) is 29.8 Å². The van der Waals surface area contributed by atoms with Crippen LogP contribution >= 0.6 is 11.3 Å². The molecule has 1 aliphatic rings. The van der Waals surface area contributed by atoms with Gasteiger partial charge in [0.2, 0.25) is 11.8 Å². The number of nitrogens with zero attached hydrogens (tertiary/aromatic N) is 2. The number of carbonyl (C=O) groups is 2. The summed E-state index contributed by atoms with van der Waals surface area (Å²) in [5.74, 6) is -0.791. The number of thiazole rings is 1. The number of amides is 3. The molecule has 2 heterocycles. The number of hydrogen-bond donors (Lipinski definition) is 3. The lowest BCUT2D eigenvalue weighted by Gasteiger charge is -2.12. The van der Waals surface area contributed by atoms with E-state index in [0.717, 1.165) is 30.5 Å². The maximum absolute atomic E-state index is 13.8. The molecule has 1 aliphatic carbocycles. The maximum Gasteiger partial charge on any atom is 0.323 e. The predicted molar refractivity (Wildman–Crippen MR) is 129 cm³/mol. The molecular weight excluding hydrogens is 476 g/mol. The van der Waals surface area contributed by atoms with Crippen molar-refractivity contribution in [3.05, 3.63) is 65.7 Å². The Hall–Kier alpha value is -4.12. The summed E-state index contributed by atoms with van der Waals surface area (Å²) in [6, 6.07) is 10.6. The summed E-state index contributed by atoms with van der Waals surface area (Å²) in [5.41, 5.74) is 1.69. The lowest BCUT2D eigenvalue weighted by molar-refractivity contribution is -0.117. The van der Waals surface area contributed by atoms with Crippen molar-refractivity contribution in [3.63, 3.8) is 0 Å². The van der Waals surface area contributed by atoms with Crippen molar-refractivity contribution in [1.82, 2.24) is 9.97 Å². The highest BCUT2D eigenvalue weighted by Gasteiger charge is 2.30. The zero-order chi connectivity index (χ0) is 24.5. The van der Waals surface area contributed by atoms with Gasteiger partial charge in [-0.2, -0.15) is 0 Å². The minimum absolute atomic E-state index is 0.0216. The first-order chi connectivity index (χ1) is 16.8. The number of halogens is 2. The summed E-state index contributed by atoms with van der Waals surface area (Å²) < 4.78 is 32.8. The zero-order valence-corrected chi connectivity index (χ0v) is 19.2. The Labute approximate surface area is 202 Å². The summed E-state index contributed by atoms with van der Waals surface area (Å²) in [6.45, 7) is 1.84. The van der Waals surface area contributed by atoms with Gasteiger partial charge in [-0.25, -0.2) is 23.5 Å². The smallest absolute Gasteiger partial charge is 0.323 e. The third kappa shape index (κ3) is 5.35. The molecule has 35 heavy (non-hydrogen) atoms. The van der Waals surface area contributed by atoms with Crippen LogP contribution in [0.4, 0.5) is 30.1 Å². The summed E-state index contributed by atoms with van der Waals surface area (Å²) in [4.78, 5) is 33.7. The quantitative estimate of drug-likeness (QED) is 0.301. The maximum atomic E-state index is 13.8. The molecule has 0 unspecified atom stereocenters.